The number of thioether (sulfide) groups is 1. The molecule has 0 bridgehead atoms. The van der Waals surface area contributed by atoms with Crippen LogP contribution in [0.5, 0.6) is 0 Å². The molecule has 1 aromatic carbocycles. The van der Waals surface area contributed by atoms with Crippen LogP contribution < -0.4 is 11.1 Å². The van der Waals surface area contributed by atoms with Crippen LogP contribution in [0.3, 0.4) is 0 Å². The van der Waals surface area contributed by atoms with E-state index in [1.54, 1.807) is 18.0 Å². The van der Waals surface area contributed by atoms with Gasteiger partial charge in [0.1, 0.15) is 0 Å². The van der Waals surface area contributed by atoms with Gasteiger partial charge in [0.2, 0.25) is 0 Å². The summed E-state index contributed by atoms with van der Waals surface area (Å²) < 4.78 is 0. The number of urea groups is 1. The Morgan fingerprint density at radius 1 is 1.41 bits per heavy atom. The summed E-state index contributed by atoms with van der Waals surface area (Å²) in [5.41, 5.74) is 7.42. The van der Waals surface area contributed by atoms with Crippen LogP contribution in [0.1, 0.15) is 0 Å². The van der Waals surface area contributed by atoms with Crippen LogP contribution in [0, 0.1) is 0 Å². The minimum atomic E-state index is -0.424. The lowest BCUT2D eigenvalue weighted by Crippen LogP contribution is -2.34. The monoisotopic (exact) mass is 245 g/mol. The van der Waals surface area contributed by atoms with E-state index in [4.69, 9.17) is 5.73 Å². The zero-order valence-corrected chi connectivity index (χ0v) is 9.83. The van der Waals surface area contributed by atoms with Crippen molar-refractivity contribution in [2.75, 3.05) is 11.9 Å². The fourth-order valence-corrected chi connectivity index (χ4v) is 2.86. The number of carbonyl (C=O) groups excluding carboxylic acids is 1. The SMILES string of the molecule is NC(=O)N1C=C2Sc3ccccc3NC2=CC1. The largest absolute Gasteiger partial charge is 0.354 e. The molecule has 0 aromatic heterocycles. The second-order valence-electron chi connectivity index (χ2n) is 3.82. The van der Waals surface area contributed by atoms with Crippen molar-refractivity contribution >= 4 is 23.5 Å². The van der Waals surface area contributed by atoms with Gasteiger partial charge < -0.3 is 11.1 Å². The number of para-hydroxylation sites is 1. The van der Waals surface area contributed by atoms with Crippen molar-refractivity contribution in [2.45, 2.75) is 4.90 Å². The number of anilines is 1. The van der Waals surface area contributed by atoms with Crippen molar-refractivity contribution in [3.05, 3.63) is 47.1 Å². The summed E-state index contributed by atoms with van der Waals surface area (Å²) in [6, 6.07) is 7.67. The number of fused-ring (bicyclic) bond motifs is 2. The smallest absolute Gasteiger partial charge is 0.319 e. The predicted molar refractivity (Wildman–Crippen MR) is 68.4 cm³/mol. The molecule has 2 heterocycles. The van der Waals surface area contributed by atoms with Gasteiger partial charge in [-0.05, 0) is 18.2 Å². The number of carbonyl (C=O) groups is 1. The third-order valence-electron chi connectivity index (χ3n) is 2.69. The van der Waals surface area contributed by atoms with Gasteiger partial charge in [-0.3, -0.25) is 4.90 Å². The van der Waals surface area contributed by atoms with Gasteiger partial charge in [0.15, 0.2) is 0 Å². The quantitative estimate of drug-likeness (QED) is 0.737. The first-order valence-electron chi connectivity index (χ1n) is 5.26. The molecule has 3 N–H and O–H groups in total. The Morgan fingerprint density at radius 3 is 3.06 bits per heavy atom. The first-order valence-corrected chi connectivity index (χ1v) is 6.08. The number of hydrogen-bond acceptors (Lipinski definition) is 3. The van der Waals surface area contributed by atoms with Crippen molar-refractivity contribution in [2.24, 2.45) is 5.73 Å². The van der Waals surface area contributed by atoms with E-state index in [2.05, 4.69) is 5.32 Å². The lowest BCUT2D eigenvalue weighted by molar-refractivity contribution is 0.227. The second-order valence-corrected chi connectivity index (χ2v) is 4.91. The molecule has 0 unspecified atom stereocenters. The fourth-order valence-electron chi connectivity index (χ4n) is 1.82. The van der Waals surface area contributed by atoms with Gasteiger partial charge in [0, 0.05) is 17.6 Å². The Morgan fingerprint density at radius 2 is 2.24 bits per heavy atom. The van der Waals surface area contributed by atoms with Gasteiger partial charge in [0.25, 0.3) is 0 Å². The van der Waals surface area contributed by atoms with Crippen molar-refractivity contribution < 1.29 is 4.79 Å². The molecule has 0 saturated heterocycles. The molecular weight excluding hydrogens is 234 g/mol. The highest BCUT2D eigenvalue weighted by atomic mass is 32.2. The number of rotatable bonds is 0. The third-order valence-corrected chi connectivity index (χ3v) is 3.81. The summed E-state index contributed by atoms with van der Waals surface area (Å²) >= 11 is 1.64. The van der Waals surface area contributed by atoms with Gasteiger partial charge in [0.05, 0.1) is 16.3 Å². The first kappa shape index (κ1) is 10.3. The summed E-state index contributed by atoms with van der Waals surface area (Å²) in [6.07, 6.45) is 3.77. The van der Waals surface area contributed by atoms with E-state index in [1.807, 2.05) is 30.3 Å². The molecule has 0 radical (unpaired) electrons. The topological polar surface area (TPSA) is 58.4 Å². The van der Waals surface area contributed by atoms with E-state index >= 15 is 0 Å². The van der Waals surface area contributed by atoms with Crippen molar-refractivity contribution in [1.82, 2.24) is 4.90 Å². The molecular formula is C12H11N3OS. The summed E-state index contributed by atoms with van der Waals surface area (Å²) in [5.74, 6) is 0. The molecule has 86 valence electrons. The number of benzene rings is 1. The lowest BCUT2D eigenvalue weighted by atomic mass is 10.2. The van der Waals surface area contributed by atoms with Gasteiger partial charge >= 0.3 is 6.03 Å². The summed E-state index contributed by atoms with van der Waals surface area (Å²) in [6.45, 7) is 0.518. The molecule has 2 aliphatic heterocycles. The zero-order valence-electron chi connectivity index (χ0n) is 9.01. The Kier molecular flexibility index (Phi) is 2.33. The Labute approximate surface area is 103 Å². The number of hydrogen-bond donors (Lipinski definition) is 2. The molecule has 3 rings (SSSR count). The van der Waals surface area contributed by atoms with Crippen LogP contribution in [0.4, 0.5) is 10.5 Å². The van der Waals surface area contributed by atoms with Gasteiger partial charge in [-0.25, -0.2) is 4.79 Å². The van der Waals surface area contributed by atoms with Gasteiger partial charge in [-0.15, -0.1) is 0 Å². The normalized spacial score (nSPS) is 17.3. The van der Waals surface area contributed by atoms with Crippen molar-refractivity contribution in [1.29, 1.82) is 0 Å². The van der Waals surface area contributed by atoms with Crippen LogP contribution in [-0.4, -0.2) is 17.5 Å². The molecule has 0 spiro atoms. The van der Waals surface area contributed by atoms with E-state index in [-0.39, 0.29) is 0 Å². The highest BCUT2D eigenvalue weighted by Crippen LogP contribution is 2.42. The van der Waals surface area contributed by atoms with E-state index in [1.165, 1.54) is 4.90 Å². The fraction of sp³-hybridized carbons (Fsp3) is 0.0833. The average molecular weight is 245 g/mol. The molecule has 0 aliphatic carbocycles. The van der Waals surface area contributed by atoms with Gasteiger partial charge in [-0.1, -0.05) is 23.9 Å². The highest BCUT2D eigenvalue weighted by molar-refractivity contribution is 8.03. The molecule has 1 aromatic rings. The van der Waals surface area contributed by atoms with E-state index in [0.29, 0.717) is 6.54 Å². The molecule has 0 fully saturated rings. The second kappa shape index (κ2) is 3.85. The van der Waals surface area contributed by atoms with E-state index in [0.717, 1.165) is 21.2 Å². The number of amides is 2. The standard InChI is InChI=1S/C12H11N3OS/c13-12(16)15-6-5-9-11(7-15)17-10-4-2-1-3-8(10)14-9/h1-5,7,14H,6H2,(H2,13,16). The van der Waals surface area contributed by atoms with Crippen LogP contribution in [-0.2, 0) is 0 Å². The Hall–Kier alpha value is -1.88. The number of primary amides is 1. The molecule has 17 heavy (non-hydrogen) atoms. The van der Waals surface area contributed by atoms with Crippen LogP contribution in [0.25, 0.3) is 0 Å². The van der Waals surface area contributed by atoms with Crippen LogP contribution in [0.2, 0.25) is 0 Å². The maximum Gasteiger partial charge on any atom is 0.319 e. The van der Waals surface area contributed by atoms with E-state index < -0.39 is 6.03 Å². The minimum Gasteiger partial charge on any atom is -0.354 e. The third kappa shape index (κ3) is 1.78. The zero-order chi connectivity index (χ0) is 11.8. The van der Waals surface area contributed by atoms with Crippen LogP contribution in [0.15, 0.2) is 52.0 Å². The maximum absolute atomic E-state index is 11.1. The van der Waals surface area contributed by atoms with Crippen molar-refractivity contribution in [3.63, 3.8) is 0 Å². The molecule has 0 atom stereocenters. The van der Waals surface area contributed by atoms with E-state index in [9.17, 15) is 4.79 Å². The first-order chi connectivity index (χ1) is 8.24. The average Bonchev–Trinajstić information content (AvgIpc) is 2.35. The van der Waals surface area contributed by atoms with Crippen molar-refractivity contribution in [3.8, 4) is 0 Å². The predicted octanol–water partition coefficient (Wildman–Crippen LogP) is 2.32. The summed E-state index contributed by atoms with van der Waals surface area (Å²) in [5, 5.41) is 3.35. The molecule has 2 aliphatic rings. The minimum absolute atomic E-state index is 0.424. The lowest BCUT2D eigenvalue weighted by Gasteiger charge is -2.28. The highest BCUT2D eigenvalue weighted by Gasteiger charge is 2.22. The van der Waals surface area contributed by atoms with Gasteiger partial charge in [-0.2, -0.15) is 0 Å². The number of nitrogens with two attached hydrogens (primary N) is 1. The molecule has 4 nitrogen and oxygen atoms in total. The molecule has 0 saturated carbocycles. The van der Waals surface area contributed by atoms with Crippen LogP contribution >= 0.6 is 11.8 Å². The molecule has 2 amide bonds. The maximum atomic E-state index is 11.1. The molecule has 5 heteroatoms. The Balaban J connectivity index is 1.97. The Bertz CT molecular complexity index is 550. The number of nitrogens with one attached hydrogen (secondary N) is 1. The number of nitrogens with zero attached hydrogens (tertiary/aromatic N) is 1. The summed E-state index contributed by atoms with van der Waals surface area (Å²) in [7, 11) is 0. The summed E-state index contributed by atoms with van der Waals surface area (Å²) in [4.78, 5) is 14.8.